The quantitative estimate of drug-likeness (QED) is 0.0361. The van der Waals surface area contributed by atoms with E-state index >= 15 is 0 Å². The van der Waals surface area contributed by atoms with E-state index in [4.69, 9.17) is 61.6 Å². The molecule has 0 spiro atoms. The van der Waals surface area contributed by atoms with Gasteiger partial charge >= 0.3 is 17.9 Å². The number of hydrogen-bond acceptors (Lipinski definition) is 11. The molecule has 22 heteroatoms. The van der Waals surface area contributed by atoms with Gasteiger partial charge in [-0.05, 0) is 152 Å². The average molecular weight is 1150 g/mol. The van der Waals surface area contributed by atoms with Crippen molar-refractivity contribution < 1.29 is 39.6 Å². The third-order valence-corrected chi connectivity index (χ3v) is 13.7. The van der Waals surface area contributed by atoms with E-state index in [9.17, 15) is 19.2 Å². The minimum atomic E-state index is -1.10. The van der Waals surface area contributed by atoms with E-state index in [2.05, 4.69) is 124 Å². The minimum absolute atomic E-state index is 0.0296. The number of aromatic nitrogens is 6. The third-order valence-electron chi connectivity index (χ3n) is 10.8. The van der Waals surface area contributed by atoms with Crippen LogP contribution in [0.15, 0.2) is 124 Å². The summed E-state index contributed by atoms with van der Waals surface area (Å²) in [6.07, 6.45) is 5.11. The number of carbonyl (C=O) groups excluding carboxylic acids is 1. The number of aliphatic hydroxyl groups is 1. The summed E-state index contributed by atoms with van der Waals surface area (Å²) >= 11 is 24.7. The van der Waals surface area contributed by atoms with E-state index < -0.39 is 30.4 Å². The number of H-pyrrole nitrogens is 1. The van der Waals surface area contributed by atoms with Gasteiger partial charge in [0.05, 0.1) is 49.7 Å². The van der Waals surface area contributed by atoms with Crippen LogP contribution in [-0.4, -0.2) is 86.1 Å². The number of carbonyl (C=O) groups is 4. The molecule has 2 fully saturated rings. The summed E-state index contributed by atoms with van der Waals surface area (Å²) in [5.41, 5.74) is 11.1. The van der Waals surface area contributed by atoms with Crippen molar-refractivity contribution in [1.82, 2.24) is 29.5 Å². The lowest BCUT2D eigenvalue weighted by Crippen LogP contribution is -2.15. The number of nitrogens with one attached hydrogen (secondary N) is 2. The Morgan fingerprint density at radius 2 is 1.23 bits per heavy atom. The van der Waals surface area contributed by atoms with Crippen LogP contribution in [0.2, 0.25) is 10.0 Å². The van der Waals surface area contributed by atoms with Crippen molar-refractivity contribution in [3.63, 3.8) is 0 Å². The first-order valence-corrected chi connectivity index (χ1v) is 24.8. The number of benzene rings is 6. The highest BCUT2D eigenvalue weighted by molar-refractivity contribution is 9.10. The number of hydrogen-bond donors (Lipinski definition) is 7. The van der Waals surface area contributed by atoms with Crippen LogP contribution in [-0.2, 0) is 9.59 Å². The maximum absolute atomic E-state index is 10.9. The molecular weight excluding hydrogens is 1110 g/mol. The molecule has 0 radical (unpaired) electrons. The first-order chi connectivity index (χ1) is 33.6. The Morgan fingerprint density at radius 3 is 1.69 bits per heavy atom. The van der Waals surface area contributed by atoms with Crippen molar-refractivity contribution in [2.45, 2.75) is 42.7 Å². The fourth-order valence-electron chi connectivity index (χ4n) is 7.26. The van der Waals surface area contributed by atoms with Gasteiger partial charge in [0.1, 0.15) is 6.61 Å². The van der Waals surface area contributed by atoms with Crippen molar-refractivity contribution in [3.05, 3.63) is 156 Å². The second kappa shape index (κ2) is 23.2. The van der Waals surface area contributed by atoms with Crippen LogP contribution in [0.3, 0.4) is 0 Å². The second-order valence-electron chi connectivity index (χ2n) is 15.6. The van der Waals surface area contributed by atoms with Crippen molar-refractivity contribution >= 4 is 136 Å². The summed E-state index contributed by atoms with van der Waals surface area (Å²) in [6.45, 7) is -0.656. The zero-order valence-corrected chi connectivity index (χ0v) is 42.7. The number of aromatic amines is 1. The van der Waals surface area contributed by atoms with E-state index in [1.54, 1.807) is 0 Å². The van der Waals surface area contributed by atoms with Crippen molar-refractivity contribution in [2.75, 3.05) is 23.4 Å². The molecule has 2 aliphatic carbocycles. The zero-order valence-electron chi connectivity index (χ0n) is 36.4. The molecule has 10 rings (SSSR count). The largest absolute Gasteiger partial charge is 0.481 e. The number of fused-ring (bicyclic) bond motifs is 2. The molecule has 2 aliphatic rings. The van der Waals surface area contributed by atoms with Crippen molar-refractivity contribution in [2.24, 2.45) is 0 Å². The highest BCUT2D eigenvalue weighted by Gasteiger charge is 2.27. The van der Waals surface area contributed by atoms with E-state index in [1.807, 2.05) is 15.2 Å². The molecule has 0 atom stereocenters. The Balaban J connectivity index is 0.000000143. The van der Waals surface area contributed by atoms with E-state index in [1.165, 1.54) is 89.4 Å². The zero-order chi connectivity index (χ0) is 50.2. The maximum Gasteiger partial charge on any atom is 0.335 e. The molecule has 0 saturated heterocycles. The number of nitrogens with zero attached hydrogens (tertiary/aromatic N) is 5. The molecule has 0 aliphatic heterocycles. The predicted molar refractivity (Wildman–Crippen MR) is 280 cm³/mol. The number of carboxylic acids is 3. The SMILES string of the molecule is Nc1ccc(C(=O)O)cc1Cl.O=C(CO)Nc1ccc(C(=O)O)cc1Cl.O=C(O)CSc1nnc(Br)n1-c1ccc(C2CC2)c2ccccc12.S=c1[nH]nc(Br)n1-c1ccc(C2CC2)c2ccccc12. The highest BCUT2D eigenvalue weighted by atomic mass is 79.9. The Labute approximate surface area is 435 Å². The highest BCUT2D eigenvalue weighted by Crippen LogP contribution is 2.45. The summed E-state index contributed by atoms with van der Waals surface area (Å²) in [5.74, 6) is -2.25. The number of amides is 1. The number of aromatic carboxylic acids is 2. The van der Waals surface area contributed by atoms with Crippen LogP contribution >= 0.6 is 79.0 Å². The molecule has 2 saturated carbocycles. The van der Waals surface area contributed by atoms with Crippen LogP contribution in [0.4, 0.5) is 11.4 Å². The fraction of sp³-hybridized carbons (Fsp3) is 0.167. The molecule has 360 valence electrons. The van der Waals surface area contributed by atoms with E-state index in [0.717, 1.165) is 34.4 Å². The monoisotopic (exact) mass is 1150 g/mol. The Hall–Kier alpha value is -6.13. The van der Waals surface area contributed by atoms with Gasteiger partial charge in [-0.15, -0.1) is 15.3 Å². The van der Waals surface area contributed by atoms with Crippen LogP contribution in [0.1, 0.15) is 69.4 Å². The lowest BCUT2D eigenvalue weighted by molar-refractivity contribution is -0.134. The van der Waals surface area contributed by atoms with Crippen molar-refractivity contribution in [1.29, 1.82) is 0 Å². The first-order valence-electron chi connectivity index (χ1n) is 21.1. The van der Waals surface area contributed by atoms with Gasteiger partial charge in [0.15, 0.2) is 5.16 Å². The third kappa shape index (κ3) is 12.6. The second-order valence-corrected chi connectivity index (χ2v) is 19.2. The lowest BCUT2D eigenvalue weighted by atomic mass is 9.99. The van der Waals surface area contributed by atoms with Gasteiger partial charge in [-0.1, -0.05) is 95.6 Å². The van der Waals surface area contributed by atoms with Gasteiger partial charge in [-0.25, -0.2) is 9.59 Å². The van der Waals surface area contributed by atoms with Crippen molar-refractivity contribution in [3.8, 4) is 11.4 Å². The van der Waals surface area contributed by atoms with Gasteiger partial charge in [-0.2, -0.15) is 0 Å². The van der Waals surface area contributed by atoms with Gasteiger partial charge in [0.25, 0.3) is 0 Å². The van der Waals surface area contributed by atoms with E-state index in [0.29, 0.717) is 31.0 Å². The Bertz CT molecular complexity index is 3340. The Morgan fingerprint density at radius 1 is 0.714 bits per heavy atom. The smallest absolute Gasteiger partial charge is 0.335 e. The minimum Gasteiger partial charge on any atom is -0.481 e. The lowest BCUT2D eigenvalue weighted by Gasteiger charge is -2.13. The summed E-state index contributed by atoms with van der Waals surface area (Å²) < 4.78 is 5.66. The number of aliphatic carboxylic acids is 1. The Kier molecular flexibility index (Phi) is 17.1. The normalized spacial score (nSPS) is 12.7. The number of thioether (sulfide) groups is 1. The molecule has 6 aromatic carbocycles. The summed E-state index contributed by atoms with van der Waals surface area (Å²) in [6, 6.07) is 33.5. The standard InChI is InChI=1S/C17H14BrN3O2S.C15H12BrN3S.C9H8ClNO4.C7H6ClNO2/c18-16-19-20-17(24-9-15(22)23)21(16)14-8-7-11(10-5-6-10)12-3-1-2-4-13(12)14;16-14-17-18-15(20)19(14)13-8-7-10(9-5-6-9)11-3-1-2-4-12(11)13;10-6-3-5(9(14)15)1-2-7(6)11-8(13)4-12;8-5-3-4(7(10)11)1-2-6(5)9/h1-4,7-8,10H,5-6,9H2,(H,22,23);1-4,7-9H,5-6H2,(H,18,20);1-3,12H,4H2,(H,11,13)(H,14,15);1-3H,9H2,(H,10,11). The summed E-state index contributed by atoms with van der Waals surface area (Å²) in [5, 5.41) is 57.8. The molecule has 0 bridgehead atoms. The number of rotatable bonds is 11. The number of anilines is 2. The molecular formula is C48H40Br2Cl2N8O8S2. The topological polar surface area (TPSA) is 252 Å². The number of halogens is 4. The van der Waals surface area contributed by atoms with Crippen LogP contribution < -0.4 is 11.1 Å². The van der Waals surface area contributed by atoms with Gasteiger partial charge in [-0.3, -0.25) is 23.8 Å². The maximum atomic E-state index is 10.9. The molecule has 2 aromatic heterocycles. The molecule has 2 heterocycles. The summed E-state index contributed by atoms with van der Waals surface area (Å²) in [7, 11) is 0. The molecule has 70 heavy (non-hydrogen) atoms. The molecule has 16 nitrogen and oxygen atoms in total. The number of nitrogens with two attached hydrogens (primary N) is 1. The molecule has 8 N–H and O–H groups in total. The van der Waals surface area contributed by atoms with Crippen LogP contribution in [0, 0.1) is 4.77 Å². The first kappa shape index (κ1) is 51.7. The van der Waals surface area contributed by atoms with Crippen LogP contribution in [0.25, 0.3) is 32.9 Å². The fourth-order valence-corrected chi connectivity index (χ4v) is 9.70. The number of aliphatic hydroxyl groups excluding tert-OH is 1. The molecule has 0 unspecified atom stereocenters. The molecule has 1 amide bonds. The van der Waals surface area contributed by atoms with Gasteiger partial charge < -0.3 is 31.5 Å². The summed E-state index contributed by atoms with van der Waals surface area (Å²) in [4.78, 5) is 42.6. The number of nitrogen functional groups attached to an aromatic ring is 1. The van der Waals surface area contributed by atoms with Gasteiger partial charge in [0.2, 0.25) is 20.1 Å². The van der Waals surface area contributed by atoms with Gasteiger partial charge in [0, 0.05) is 10.8 Å². The average Bonchev–Trinajstić information content (AvgIpc) is 4.30. The van der Waals surface area contributed by atoms with E-state index in [-0.39, 0.29) is 32.6 Å². The molecule has 8 aromatic rings. The van der Waals surface area contributed by atoms with Crippen LogP contribution in [0.5, 0.6) is 0 Å². The predicted octanol–water partition coefficient (Wildman–Crippen LogP) is 11.5. The number of carboxylic acid groups (broad SMARTS) is 3.